The molecule has 2 aromatic rings. The zero-order valence-corrected chi connectivity index (χ0v) is 15.2. The molecule has 0 unspecified atom stereocenters. The van der Waals surface area contributed by atoms with Crippen LogP contribution < -0.4 is 10.1 Å². The van der Waals surface area contributed by atoms with E-state index in [2.05, 4.69) is 21.2 Å². The Labute approximate surface area is 154 Å². The second-order valence-electron chi connectivity index (χ2n) is 5.26. The molecule has 2 aromatic carbocycles. The predicted molar refractivity (Wildman–Crippen MR) is 99.3 cm³/mol. The first-order valence-corrected chi connectivity index (χ1v) is 8.56. The van der Waals surface area contributed by atoms with Crippen LogP contribution in [0.4, 0.5) is 0 Å². The van der Waals surface area contributed by atoms with Crippen molar-refractivity contribution in [3.05, 3.63) is 64.3 Å². The second kappa shape index (κ2) is 9.03. The molecule has 130 valence electrons. The van der Waals surface area contributed by atoms with Crippen molar-refractivity contribution in [3.63, 3.8) is 0 Å². The fraction of sp³-hybridized carbons (Fsp3) is 0.158. The maximum atomic E-state index is 11.6. The molecule has 2 rings (SSSR count). The van der Waals surface area contributed by atoms with Crippen molar-refractivity contribution in [2.45, 2.75) is 19.8 Å². The summed E-state index contributed by atoms with van der Waals surface area (Å²) in [4.78, 5) is 22.9. The third-order valence-electron chi connectivity index (χ3n) is 3.24. The van der Waals surface area contributed by atoms with E-state index in [1.54, 1.807) is 24.3 Å². The molecule has 0 aromatic heterocycles. The molecule has 0 aliphatic carbocycles. The van der Waals surface area contributed by atoms with Crippen molar-refractivity contribution in [2.24, 2.45) is 0 Å². The fourth-order valence-corrected chi connectivity index (χ4v) is 2.41. The van der Waals surface area contributed by atoms with Gasteiger partial charge >= 0.3 is 5.97 Å². The molecule has 0 aliphatic heterocycles. The minimum absolute atomic E-state index is 0.155. The number of hydrogen-bond acceptors (Lipinski definition) is 3. The van der Waals surface area contributed by atoms with Gasteiger partial charge in [-0.25, -0.2) is 4.79 Å². The molecule has 0 saturated carbocycles. The molecule has 2 N–H and O–H groups in total. The first kappa shape index (κ1) is 18.7. The minimum atomic E-state index is -1.18. The van der Waals surface area contributed by atoms with Gasteiger partial charge in [0.2, 0.25) is 5.91 Å². The number of carbonyl (C=O) groups excluding carboxylic acids is 1. The Balaban J connectivity index is 2.13. The number of carboxylic acid groups (broad SMARTS) is 1. The van der Waals surface area contributed by atoms with Crippen LogP contribution in [0.15, 0.2) is 58.7 Å². The van der Waals surface area contributed by atoms with E-state index in [-0.39, 0.29) is 18.0 Å². The first-order chi connectivity index (χ1) is 12.0. The van der Waals surface area contributed by atoms with Gasteiger partial charge in [0.25, 0.3) is 0 Å². The van der Waals surface area contributed by atoms with Gasteiger partial charge in [-0.15, -0.1) is 0 Å². The van der Waals surface area contributed by atoms with Gasteiger partial charge in [-0.3, -0.25) is 4.79 Å². The highest BCUT2D eigenvalue weighted by atomic mass is 79.9. The predicted octanol–water partition coefficient (Wildman–Crippen LogP) is 4.58. The lowest BCUT2D eigenvalue weighted by atomic mass is 10.2. The van der Waals surface area contributed by atoms with Gasteiger partial charge in [-0.2, -0.15) is 0 Å². The summed E-state index contributed by atoms with van der Waals surface area (Å²) in [5.74, 6) is -0.192. The second-order valence-corrected chi connectivity index (χ2v) is 6.12. The quantitative estimate of drug-likeness (QED) is 0.663. The van der Waals surface area contributed by atoms with Crippen LogP contribution in [-0.2, 0) is 9.59 Å². The van der Waals surface area contributed by atoms with E-state index in [1.807, 2.05) is 31.2 Å². The van der Waals surface area contributed by atoms with E-state index >= 15 is 0 Å². The number of halogens is 1. The van der Waals surface area contributed by atoms with Crippen molar-refractivity contribution in [1.82, 2.24) is 5.32 Å². The molecule has 0 fully saturated rings. The largest absolute Gasteiger partial charge is 0.477 e. The highest BCUT2D eigenvalue weighted by Crippen LogP contribution is 2.29. The molecule has 0 spiro atoms. The summed E-state index contributed by atoms with van der Waals surface area (Å²) >= 11 is 3.41. The molecule has 0 aliphatic rings. The molecule has 0 atom stereocenters. The number of nitrogens with one attached hydrogen (secondary N) is 1. The number of hydrogen-bond donors (Lipinski definition) is 2. The van der Waals surface area contributed by atoms with Gasteiger partial charge in [-0.1, -0.05) is 31.2 Å². The Hall–Kier alpha value is -2.60. The summed E-state index contributed by atoms with van der Waals surface area (Å²) in [5, 5.41) is 11.6. The summed E-state index contributed by atoms with van der Waals surface area (Å²) in [7, 11) is 0. The standard InChI is InChI=1S/C19H18BrNO4/c1-2-5-18(22)21-16(19(23)24)12-13-8-10-14(11-9-13)25-17-7-4-3-6-15(17)20/h3-4,6-12H,2,5H2,1H3,(H,21,22)(H,23,24)/b16-12+. The summed E-state index contributed by atoms with van der Waals surface area (Å²) in [5.41, 5.74) is 0.492. The maximum Gasteiger partial charge on any atom is 0.352 e. The van der Waals surface area contributed by atoms with Crippen molar-refractivity contribution < 1.29 is 19.4 Å². The van der Waals surface area contributed by atoms with Gasteiger partial charge in [0.15, 0.2) is 0 Å². The monoisotopic (exact) mass is 403 g/mol. The molecule has 0 bridgehead atoms. The molecule has 25 heavy (non-hydrogen) atoms. The van der Waals surface area contributed by atoms with Crippen LogP contribution in [0.25, 0.3) is 6.08 Å². The van der Waals surface area contributed by atoms with Crippen molar-refractivity contribution in [1.29, 1.82) is 0 Å². The first-order valence-electron chi connectivity index (χ1n) is 7.77. The van der Waals surface area contributed by atoms with E-state index in [0.717, 1.165) is 4.47 Å². The Morgan fingerprint density at radius 3 is 2.44 bits per heavy atom. The zero-order chi connectivity index (χ0) is 18.2. The van der Waals surface area contributed by atoms with Gasteiger partial charge in [0, 0.05) is 6.42 Å². The minimum Gasteiger partial charge on any atom is -0.477 e. The Kier molecular flexibility index (Phi) is 6.77. The van der Waals surface area contributed by atoms with E-state index in [4.69, 9.17) is 4.74 Å². The van der Waals surface area contributed by atoms with Crippen molar-refractivity contribution >= 4 is 33.9 Å². The van der Waals surface area contributed by atoms with E-state index < -0.39 is 5.97 Å². The average Bonchev–Trinajstić information content (AvgIpc) is 2.58. The van der Waals surface area contributed by atoms with E-state index in [0.29, 0.717) is 23.5 Å². The fourth-order valence-electron chi connectivity index (χ4n) is 2.04. The number of benzene rings is 2. The normalized spacial score (nSPS) is 11.0. The topological polar surface area (TPSA) is 75.6 Å². The van der Waals surface area contributed by atoms with Crippen LogP contribution in [-0.4, -0.2) is 17.0 Å². The van der Waals surface area contributed by atoms with Gasteiger partial charge < -0.3 is 15.2 Å². The lowest BCUT2D eigenvalue weighted by molar-refractivity contribution is -0.134. The van der Waals surface area contributed by atoms with Gasteiger partial charge in [0.1, 0.15) is 17.2 Å². The van der Waals surface area contributed by atoms with E-state index in [9.17, 15) is 14.7 Å². The molecule has 6 heteroatoms. The highest BCUT2D eigenvalue weighted by molar-refractivity contribution is 9.10. The Morgan fingerprint density at radius 2 is 1.84 bits per heavy atom. The number of para-hydroxylation sites is 1. The van der Waals surface area contributed by atoms with Crippen molar-refractivity contribution in [2.75, 3.05) is 0 Å². The number of ether oxygens (including phenoxy) is 1. The maximum absolute atomic E-state index is 11.6. The van der Waals surface area contributed by atoms with Crippen molar-refractivity contribution in [3.8, 4) is 11.5 Å². The summed E-state index contributed by atoms with van der Waals surface area (Å²) in [6, 6.07) is 14.4. The zero-order valence-electron chi connectivity index (χ0n) is 13.7. The molecule has 0 saturated heterocycles. The Morgan fingerprint density at radius 1 is 1.16 bits per heavy atom. The molecule has 0 heterocycles. The van der Waals surface area contributed by atoms with Gasteiger partial charge in [-0.05, 0) is 58.3 Å². The summed E-state index contributed by atoms with van der Waals surface area (Å²) in [6.45, 7) is 1.85. The molecule has 0 radical (unpaired) electrons. The summed E-state index contributed by atoms with van der Waals surface area (Å²) in [6.07, 6.45) is 2.35. The molecular formula is C19H18BrNO4. The number of rotatable bonds is 7. The molecule has 5 nitrogen and oxygen atoms in total. The van der Waals surface area contributed by atoms with Crippen LogP contribution >= 0.6 is 15.9 Å². The average molecular weight is 404 g/mol. The van der Waals surface area contributed by atoms with Crippen LogP contribution in [0.1, 0.15) is 25.3 Å². The van der Waals surface area contributed by atoms with E-state index in [1.165, 1.54) is 6.08 Å². The lowest BCUT2D eigenvalue weighted by Gasteiger charge is -2.08. The highest BCUT2D eigenvalue weighted by Gasteiger charge is 2.11. The van der Waals surface area contributed by atoms with Crippen LogP contribution in [0.2, 0.25) is 0 Å². The number of amides is 1. The third kappa shape index (κ3) is 5.76. The van der Waals surface area contributed by atoms with Gasteiger partial charge in [0.05, 0.1) is 4.47 Å². The Bertz CT molecular complexity index is 784. The number of aliphatic carboxylic acids is 1. The molecule has 1 amide bonds. The van der Waals surface area contributed by atoms with Crippen LogP contribution in [0, 0.1) is 0 Å². The number of carbonyl (C=O) groups is 2. The smallest absolute Gasteiger partial charge is 0.352 e. The van der Waals surface area contributed by atoms with Crippen LogP contribution in [0.5, 0.6) is 11.5 Å². The summed E-state index contributed by atoms with van der Waals surface area (Å²) < 4.78 is 6.60. The number of carboxylic acids is 1. The van der Waals surface area contributed by atoms with Crippen LogP contribution in [0.3, 0.4) is 0 Å². The lowest BCUT2D eigenvalue weighted by Crippen LogP contribution is -2.26. The molecular weight excluding hydrogens is 386 g/mol. The SMILES string of the molecule is CCCC(=O)N/C(=C/c1ccc(Oc2ccccc2Br)cc1)C(=O)O. The third-order valence-corrected chi connectivity index (χ3v) is 3.89.